The van der Waals surface area contributed by atoms with E-state index in [1.54, 1.807) is 12.1 Å². The lowest BCUT2D eigenvalue weighted by atomic mass is 9.96. The SMILES string of the molecule is Cc1ccc(S(=O)(=O)[C@@H]2CCCC[C@@H]2N)cc1. The van der Waals surface area contributed by atoms with Gasteiger partial charge in [-0.05, 0) is 31.9 Å². The van der Waals surface area contributed by atoms with Crippen LogP contribution in [0.4, 0.5) is 0 Å². The van der Waals surface area contributed by atoms with Gasteiger partial charge >= 0.3 is 0 Å². The Morgan fingerprint density at radius 1 is 1.12 bits per heavy atom. The fraction of sp³-hybridized carbons (Fsp3) is 0.538. The van der Waals surface area contributed by atoms with E-state index in [4.69, 9.17) is 5.73 Å². The molecule has 0 aromatic heterocycles. The van der Waals surface area contributed by atoms with E-state index >= 15 is 0 Å². The van der Waals surface area contributed by atoms with Crippen LogP contribution < -0.4 is 5.73 Å². The molecule has 0 radical (unpaired) electrons. The van der Waals surface area contributed by atoms with E-state index in [9.17, 15) is 8.42 Å². The Kier molecular flexibility index (Phi) is 3.54. The molecule has 1 fully saturated rings. The van der Waals surface area contributed by atoms with Gasteiger partial charge in [0.25, 0.3) is 0 Å². The van der Waals surface area contributed by atoms with Crippen molar-refractivity contribution < 1.29 is 8.42 Å². The molecule has 4 heteroatoms. The van der Waals surface area contributed by atoms with Gasteiger partial charge in [0, 0.05) is 6.04 Å². The maximum Gasteiger partial charge on any atom is 0.182 e. The molecule has 94 valence electrons. The normalized spacial score (nSPS) is 25.8. The molecule has 0 bridgehead atoms. The maximum atomic E-state index is 12.4. The summed E-state index contributed by atoms with van der Waals surface area (Å²) in [6.45, 7) is 1.95. The van der Waals surface area contributed by atoms with Gasteiger partial charge in [-0.15, -0.1) is 0 Å². The van der Waals surface area contributed by atoms with Crippen LogP contribution in [0.15, 0.2) is 29.2 Å². The molecule has 1 aromatic carbocycles. The highest BCUT2D eigenvalue weighted by Gasteiger charge is 2.34. The number of sulfone groups is 1. The Hall–Kier alpha value is -0.870. The summed E-state index contributed by atoms with van der Waals surface area (Å²) in [4.78, 5) is 0.408. The highest BCUT2D eigenvalue weighted by atomic mass is 32.2. The summed E-state index contributed by atoms with van der Waals surface area (Å²) in [5.41, 5.74) is 7.02. The second-order valence-corrected chi connectivity index (χ2v) is 7.01. The van der Waals surface area contributed by atoms with E-state index < -0.39 is 15.1 Å². The number of hydrogen-bond donors (Lipinski definition) is 1. The van der Waals surface area contributed by atoms with E-state index in [-0.39, 0.29) is 6.04 Å². The van der Waals surface area contributed by atoms with Gasteiger partial charge in [0.05, 0.1) is 10.1 Å². The number of hydrogen-bond acceptors (Lipinski definition) is 3. The Bertz CT molecular complexity index is 479. The minimum atomic E-state index is -3.25. The first-order valence-corrected chi connectivity index (χ1v) is 7.62. The molecule has 0 aliphatic heterocycles. The third-order valence-corrected chi connectivity index (χ3v) is 5.81. The van der Waals surface area contributed by atoms with Crippen molar-refractivity contribution >= 4 is 9.84 Å². The average molecular weight is 253 g/mol. The van der Waals surface area contributed by atoms with Crippen molar-refractivity contribution in [3.63, 3.8) is 0 Å². The first kappa shape index (κ1) is 12.6. The van der Waals surface area contributed by atoms with E-state index in [0.29, 0.717) is 11.3 Å². The van der Waals surface area contributed by atoms with Crippen molar-refractivity contribution in [1.82, 2.24) is 0 Å². The Balaban J connectivity index is 2.32. The monoisotopic (exact) mass is 253 g/mol. The van der Waals surface area contributed by atoms with E-state index in [1.807, 2.05) is 19.1 Å². The molecule has 17 heavy (non-hydrogen) atoms. The fourth-order valence-corrected chi connectivity index (χ4v) is 4.35. The van der Waals surface area contributed by atoms with Crippen molar-refractivity contribution in [2.24, 2.45) is 5.73 Å². The molecule has 0 spiro atoms. The second-order valence-electron chi connectivity index (χ2n) is 4.84. The summed E-state index contributed by atoms with van der Waals surface area (Å²) in [5, 5.41) is -0.404. The molecule has 2 atom stereocenters. The van der Waals surface area contributed by atoms with Gasteiger partial charge in [-0.3, -0.25) is 0 Å². The largest absolute Gasteiger partial charge is 0.327 e. The smallest absolute Gasteiger partial charge is 0.182 e. The minimum Gasteiger partial charge on any atom is -0.327 e. The molecule has 0 heterocycles. The van der Waals surface area contributed by atoms with Crippen molar-refractivity contribution in [3.05, 3.63) is 29.8 Å². The second kappa shape index (κ2) is 4.78. The van der Waals surface area contributed by atoms with Crippen LogP contribution in [0.1, 0.15) is 31.2 Å². The van der Waals surface area contributed by atoms with Gasteiger partial charge < -0.3 is 5.73 Å². The molecule has 0 saturated heterocycles. The third-order valence-electron chi connectivity index (χ3n) is 3.50. The summed E-state index contributed by atoms with van der Waals surface area (Å²) in [6, 6.07) is 6.83. The highest BCUT2D eigenvalue weighted by molar-refractivity contribution is 7.92. The van der Waals surface area contributed by atoms with Gasteiger partial charge in [-0.25, -0.2) is 8.42 Å². The average Bonchev–Trinajstić information content (AvgIpc) is 2.30. The van der Waals surface area contributed by atoms with Crippen LogP contribution in [0.5, 0.6) is 0 Å². The van der Waals surface area contributed by atoms with Crippen LogP contribution >= 0.6 is 0 Å². The lowest BCUT2D eigenvalue weighted by molar-refractivity contribution is 0.432. The van der Waals surface area contributed by atoms with Gasteiger partial charge in [-0.2, -0.15) is 0 Å². The van der Waals surface area contributed by atoms with Crippen LogP contribution in [0.3, 0.4) is 0 Å². The predicted octanol–water partition coefficient (Wildman–Crippen LogP) is 2.04. The van der Waals surface area contributed by atoms with Crippen molar-refractivity contribution in [1.29, 1.82) is 0 Å². The molecule has 2 N–H and O–H groups in total. The highest BCUT2D eigenvalue weighted by Crippen LogP contribution is 2.28. The minimum absolute atomic E-state index is 0.213. The molecular weight excluding hydrogens is 234 g/mol. The quantitative estimate of drug-likeness (QED) is 0.877. The van der Waals surface area contributed by atoms with Gasteiger partial charge in [0.1, 0.15) is 0 Å². The van der Waals surface area contributed by atoms with Gasteiger partial charge in [0.15, 0.2) is 9.84 Å². The molecule has 1 aliphatic carbocycles. The van der Waals surface area contributed by atoms with Crippen LogP contribution in [-0.4, -0.2) is 19.7 Å². The summed E-state index contributed by atoms with van der Waals surface area (Å²) in [6.07, 6.45) is 3.51. The maximum absolute atomic E-state index is 12.4. The van der Waals surface area contributed by atoms with Crippen molar-refractivity contribution in [3.8, 4) is 0 Å². The van der Waals surface area contributed by atoms with Crippen LogP contribution in [0.2, 0.25) is 0 Å². The summed E-state index contributed by atoms with van der Waals surface area (Å²) in [7, 11) is -3.25. The first-order chi connectivity index (χ1) is 8.01. The molecule has 3 nitrogen and oxygen atoms in total. The summed E-state index contributed by atoms with van der Waals surface area (Å²) in [5.74, 6) is 0. The van der Waals surface area contributed by atoms with Crippen LogP contribution in [0, 0.1) is 6.92 Å². The number of benzene rings is 1. The van der Waals surface area contributed by atoms with Crippen molar-refractivity contribution in [2.45, 2.75) is 48.8 Å². The fourth-order valence-electron chi connectivity index (χ4n) is 2.41. The first-order valence-electron chi connectivity index (χ1n) is 6.08. The molecule has 1 aliphatic rings. The molecular formula is C13H19NO2S. The number of rotatable bonds is 2. The molecule has 0 unspecified atom stereocenters. The molecule has 0 amide bonds. The number of aryl methyl sites for hydroxylation is 1. The van der Waals surface area contributed by atoms with E-state index in [1.165, 1.54) is 0 Å². The lowest BCUT2D eigenvalue weighted by Crippen LogP contribution is -2.42. The lowest BCUT2D eigenvalue weighted by Gasteiger charge is -2.28. The Morgan fingerprint density at radius 3 is 2.29 bits per heavy atom. The summed E-state index contributed by atoms with van der Waals surface area (Å²) >= 11 is 0. The third kappa shape index (κ3) is 2.53. The summed E-state index contributed by atoms with van der Waals surface area (Å²) < 4.78 is 24.9. The standard InChI is InChI=1S/C13H19NO2S/c1-10-6-8-11(9-7-10)17(15,16)13-5-3-2-4-12(13)14/h6-9,12-13H,2-5,14H2,1H3/t12-,13+/m0/s1. The topological polar surface area (TPSA) is 60.2 Å². The van der Waals surface area contributed by atoms with Gasteiger partial charge in [0.2, 0.25) is 0 Å². The zero-order valence-electron chi connectivity index (χ0n) is 10.1. The predicted molar refractivity (Wildman–Crippen MR) is 68.6 cm³/mol. The van der Waals surface area contributed by atoms with Crippen LogP contribution in [-0.2, 0) is 9.84 Å². The Labute approximate surface area is 103 Å². The zero-order chi connectivity index (χ0) is 12.5. The molecule has 1 aromatic rings. The van der Waals surface area contributed by atoms with E-state index in [0.717, 1.165) is 24.8 Å². The Morgan fingerprint density at radius 2 is 1.71 bits per heavy atom. The molecule has 2 rings (SSSR count). The van der Waals surface area contributed by atoms with E-state index in [2.05, 4.69) is 0 Å². The molecule has 1 saturated carbocycles. The zero-order valence-corrected chi connectivity index (χ0v) is 10.9. The number of nitrogens with two attached hydrogens (primary N) is 1. The van der Waals surface area contributed by atoms with Crippen molar-refractivity contribution in [2.75, 3.05) is 0 Å². The van der Waals surface area contributed by atoms with Crippen LogP contribution in [0.25, 0.3) is 0 Å². The van der Waals surface area contributed by atoms with Gasteiger partial charge in [-0.1, -0.05) is 30.5 Å².